The van der Waals surface area contributed by atoms with Gasteiger partial charge in [-0.05, 0) is 36.1 Å². The molecule has 1 aromatic heterocycles. The van der Waals surface area contributed by atoms with E-state index in [2.05, 4.69) is 27.8 Å². The summed E-state index contributed by atoms with van der Waals surface area (Å²) in [4.78, 5) is 12.5. The van der Waals surface area contributed by atoms with Gasteiger partial charge in [0.2, 0.25) is 0 Å². The van der Waals surface area contributed by atoms with Crippen LogP contribution in [0.4, 0.5) is 0 Å². The zero-order valence-corrected chi connectivity index (χ0v) is 16.1. The van der Waals surface area contributed by atoms with Gasteiger partial charge in [-0.3, -0.25) is 4.79 Å². The monoisotopic (exact) mass is 396 g/mol. The first kappa shape index (κ1) is 18.7. The van der Waals surface area contributed by atoms with Crippen LogP contribution in [0, 0.1) is 0 Å². The molecule has 0 spiro atoms. The van der Waals surface area contributed by atoms with Gasteiger partial charge >= 0.3 is 0 Å². The van der Waals surface area contributed by atoms with Crippen LogP contribution >= 0.6 is 11.6 Å². The van der Waals surface area contributed by atoms with Gasteiger partial charge < -0.3 is 10.1 Å². The van der Waals surface area contributed by atoms with E-state index in [-0.39, 0.29) is 12.0 Å². The molecule has 1 atom stereocenters. The Morgan fingerprint density at radius 1 is 1.18 bits per heavy atom. The van der Waals surface area contributed by atoms with Crippen LogP contribution < -0.4 is 5.32 Å². The van der Waals surface area contributed by atoms with E-state index < -0.39 is 0 Å². The molecule has 1 amide bonds. The van der Waals surface area contributed by atoms with Crippen molar-refractivity contribution in [3.05, 3.63) is 82.1 Å². The molecule has 0 fully saturated rings. The van der Waals surface area contributed by atoms with Crippen LogP contribution in [-0.2, 0) is 24.3 Å². The minimum atomic E-state index is -0.206. The molecular weight excluding hydrogens is 376 g/mol. The maximum Gasteiger partial charge on any atom is 0.273 e. The smallest absolute Gasteiger partial charge is 0.273 e. The summed E-state index contributed by atoms with van der Waals surface area (Å²) in [5, 5.41) is 11.8. The van der Waals surface area contributed by atoms with Crippen molar-refractivity contribution < 1.29 is 9.53 Å². The first-order valence-corrected chi connectivity index (χ1v) is 9.70. The summed E-state index contributed by atoms with van der Waals surface area (Å²) in [6, 6.07) is 17.8. The molecule has 144 valence electrons. The lowest BCUT2D eigenvalue weighted by molar-refractivity contribution is -0.00176. The van der Waals surface area contributed by atoms with Crippen LogP contribution in [-0.4, -0.2) is 27.4 Å². The number of rotatable bonds is 6. The highest BCUT2D eigenvalue weighted by molar-refractivity contribution is 6.30. The zero-order chi connectivity index (χ0) is 19.3. The highest BCUT2D eigenvalue weighted by Gasteiger charge is 2.27. The second-order valence-electron chi connectivity index (χ2n) is 6.76. The highest BCUT2D eigenvalue weighted by atomic mass is 35.5. The van der Waals surface area contributed by atoms with E-state index in [1.165, 1.54) is 5.56 Å². The average molecular weight is 397 g/mol. The molecule has 6 nitrogen and oxygen atoms in total. The second kappa shape index (κ2) is 8.54. The summed E-state index contributed by atoms with van der Waals surface area (Å²) in [6.07, 6.45) is 1.66. The van der Waals surface area contributed by atoms with Gasteiger partial charge in [0.25, 0.3) is 5.91 Å². The Morgan fingerprint density at radius 2 is 1.96 bits per heavy atom. The van der Waals surface area contributed by atoms with Crippen molar-refractivity contribution in [1.82, 2.24) is 20.3 Å². The van der Waals surface area contributed by atoms with Gasteiger partial charge in [-0.2, -0.15) is 0 Å². The molecule has 3 aromatic rings. The van der Waals surface area contributed by atoms with Gasteiger partial charge in [-0.15, -0.1) is 5.10 Å². The standard InChI is InChI=1S/C21H21ClN4O2/c22-17-10-8-16(9-11-17)19-13-26-18(14-28-19)20(24-25-26)21(27)23-12-4-7-15-5-2-1-3-6-15/h1-3,5-6,8-11,19H,4,7,12-14H2,(H,23,27). The Morgan fingerprint density at radius 3 is 2.75 bits per heavy atom. The Bertz CT molecular complexity index is 941. The molecule has 1 N–H and O–H groups in total. The van der Waals surface area contributed by atoms with Gasteiger partial charge in [0.1, 0.15) is 6.10 Å². The van der Waals surface area contributed by atoms with Crippen molar-refractivity contribution in [2.24, 2.45) is 0 Å². The number of carbonyl (C=O) groups excluding carboxylic acids is 1. The van der Waals surface area contributed by atoms with Crippen LogP contribution in [0.3, 0.4) is 0 Å². The number of hydrogen-bond acceptors (Lipinski definition) is 4. The number of amides is 1. The van der Waals surface area contributed by atoms with E-state index in [4.69, 9.17) is 16.3 Å². The lowest BCUT2D eigenvalue weighted by Crippen LogP contribution is -2.28. The Balaban J connectivity index is 1.33. The van der Waals surface area contributed by atoms with Crippen LogP contribution in [0.15, 0.2) is 54.6 Å². The number of ether oxygens (including phenoxy) is 1. The number of aryl methyl sites for hydroxylation is 1. The van der Waals surface area contributed by atoms with Crippen molar-refractivity contribution in [3.63, 3.8) is 0 Å². The molecule has 28 heavy (non-hydrogen) atoms. The summed E-state index contributed by atoms with van der Waals surface area (Å²) in [7, 11) is 0. The first-order valence-electron chi connectivity index (χ1n) is 9.32. The van der Waals surface area contributed by atoms with E-state index in [1.807, 2.05) is 42.5 Å². The first-order chi connectivity index (χ1) is 13.7. The number of benzene rings is 2. The zero-order valence-electron chi connectivity index (χ0n) is 15.3. The highest BCUT2D eigenvalue weighted by Crippen LogP contribution is 2.27. The SMILES string of the molecule is O=C(NCCCc1ccccc1)c1nnn2c1COC(c1ccc(Cl)cc1)C2. The fraction of sp³-hybridized carbons (Fsp3) is 0.286. The third-order valence-electron chi connectivity index (χ3n) is 4.83. The predicted octanol–water partition coefficient (Wildman–Crippen LogP) is 3.57. The van der Waals surface area contributed by atoms with Gasteiger partial charge in [0, 0.05) is 11.6 Å². The molecule has 1 aliphatic rings. The van der Waals surface area contributed by atoms with Crippen molar-refractivity contribution in [2.75, 3.05) is 6.54 Å². The minimum absolute atomic E-state index is 0.131. The van der Waals surface area contributed by atoms with Crippen LogP contribution in [0.5, 0.6) is 0 Å². The lowest BCUT2D eigenvalue weighted by atomic mass is 10.1. The number of hydrogen-bond donors (Lipinski definition) is 1. The van der Waals surface area contributed by atoms with E-state index in [0.29, 0.717) is 36.1 Å². The van der Waals surface area contributed by atoms with Crippen LogP contribution in [0.25, 0.3) is 0 Å². The van der Waals surface area contributed by atoms with Crippen molar-refractivity contribution >= 4 is 17.5 Å². The van der Waals surface area contributed by atoms with Crippen LogP contribution in [0.1, 0.15) is 39.8 Å². The number of aromatic nitrogens is 3. The summed E-state index contributed by atoms with van der Waals surface area (Å²) in [5.41, 5.74) is 3.34. The molecule has 0 bridgehead atoms. The molecule has 0 saturated heterocycles. The van der Waals surface area contributed by atoms with E-state index >= 15 is 0 Å². The summed E-state index contributed by atoms with van der Waals surface area (Å²) in [5.74, 6) is -0.206. The summed E-state index contributed by atoms with van der Waals surface area (Å²) < 4.78 is 7.69. The van der Waals surface area contributed by atoms with E-state index in [9.17, 15) is 4.79 Å². The molecule has 2 aromatic carbocycles. The second-order valence-corrected chi connectivity index (χ2v) is 7.20. The number of carbonyl (C=O) groups is 1. The lowest BCUT2D eigenvalue weighted by Gasteiger charge is -2.24. The fourth-order valence-corrected chi connectivity index (χ4v) is 3.42. The average Bonchev–Trinajstić information content (AvgIpc) is 3.16. The molecule has 7 heteroatoms. The quantitative estimate of drug-likeness (QED) is 0.647. The topological polar surface area (TPSA) is 69.0 Å². The number of fused-ring (bicyclic) bond motifs is 1. The maximum absolute atomic E-state index is 12.5. The molecule has 4 rings (SSSR count). The van der Waals surface area contributed by atoms with Gasteiger partial charge in [-0.25, -0.2) is 4.68 Å². The Hall–Kier alpha value is -2.70. The predicted molar refractivity (Wildman–Crippen MR) is 106 cm³/mol. The normalized spacial score (nSPS) is 15.8. The number of nitrogens with zero attached hydrogens (tertiary/aromatic N) is 3. The molecule has 0 aliphatic carbocycles. The Labute approximate surface area is 168 Å². The largest absolute Gasteiger partial charge is 0.365 e. The minimum Gasteiger partial charge on any atom is -0.365 e. The van der Waals surface area contributed by atoms with Gasteiger partial charge in [-0.1, -0.05) is 59.3 Å². The molecular formula is C21H21ClN4O2. The van der Waals surface area contributed by atoms with E-state index in [0.717, 1.165) is 18.4 Å². The van der Waals surface area contributed by atoms with E-state index in [1.54, 1.807) is 4.68 Å². The molecule has 2 heterocycles. The molecule has 0 radical (unpaired) electrons. The van der Waals surface area contributed by atoms with Crippen LogP contribution in [0.2, 0.25) is 5.02 Å². The number of nitrogens with one attached hydrogen (secondary N) is 1. The molecule has 1 aliphatic heterocycles. The maximum atomic E-state index is 12.5. The Kier molecular flexibility index (Phi) is 5.69. The molecule has 1 unspecified atom stereocenters. The van der Waals surface area contributed by atoms with Gasteiger partial charge in [0.15, 0.2) is 5.69 Å². The van der Waals surface area contributed by atoms with Crippen molar-refractivity contribution in [3.8, 4) is 0 Å². The fourth-order valence-electron chi connectivity index (χ4n) is 3.29. The van der Waals surface area contributed by atoms with Crippen molar-refractivity contribution in [1.29, 1.82) is 0 Å². The molecule has 0 saturated carbocycles. The summed E-state index contributed by atoms with van der Waals surface area (Å²) in [6.45, 7) is 1.41. The third kappa shape index (κ3) is 4.24. The van der Waals surface area contributed by atoms with Crippen molar-refractivity contribution in [2.45, 2.75) is 32.1 Å². The number of halogens is 1. The summed E-state index contributed by atoms with van der Waals surface area (Å²) >= 11 is 5.94. The third-order valence-corrected chi connectivity index (χ3v) is 5.08. The van der Waals surface area contributed by atoms with Gasteiger partial charge in [0.05, 0.1) is 18.8 Å².